The molecule has 1 aromatic heterocycles. The number of methoxy groups -OCH3 is 1. The fourth-order valence-corrected chi connectivity index (χ4v) is 4.43. The first-order chi connectivity index (χ1) is 14.2. The maximum Gasteiger partial charge on any atom is 0.161 e. The SMILES string of the molecule is CCOc1ccc(CN2CCCC[C@@H]2c2ncc3c(n2)CCN(C)C3)cc1OC. The highest BCUT2D eigenvalue weighted by molar-refractivity contribution is 5.43. The lowest BCUT2D eigenvalue weighted by atomic mass is 9.99. The number of benzene rings is 1. The van der Waals surface area contributed by atoms with Crippen LogP contribution < -0.4 is 9.47 Å². The zero-order valence-corrected chi connectivity index (χ0v) is 17.9. The summed E-state index contributed by atoms with van der Waals surface area (Å²) in [6.07, 6.45) is 6.65. The van der Waals surface area contributed by atoms with Crippen molar-refractivity contribution < 1.29 is 9.47 Å². The molecule has 156 valence electrons. The van der Waals surface area contributed by atoms with Gasteiger partial charge in [0.1, 0.15) is 5.82 Å². The van der Waals surface area contributed by atoms with Gasteiger partial charge in [0, 0.05) is 43.5 Å². The molecule has 0 amide bonds. The average Bonchev–Trinajstić information content (AvgIpc) is 2.75. The minimum absolute atomic E-state index is 0.284. The number of piperidine rings is 1. The summed E-state index contributed by atoms with van der Waals surface area (Å²) >= 11 is 0. The fourth-order valence-electron chi connectivity index (χ4n) is 4.43. The number of hydrogen-bond acceptors (Lipinski definition) is 6. The lowest BCUT2D eigenvalue weighted by Crippen LogP contribution is -2.35. The number of fused-ring (bicyclic) bond motifs is 1. The van der Waals surface area contributed by atoms with Gasteiger partial charge in [0.2, 0.25) is 0 Å². The standard InChI is InChI=1S/C23H32N4O2/c1-4-29-21-9-8-17(13-22(21)28-3)15-27-11-6-5-7-20(27)23-24-14-18-16-26(2)12-10-19(18)25-23/h8-9,13-14,20H,4-7,10-12,15-16H2,1-3H3/t20-/m1/s1. The molecular formula is C23H32N4O2. The summed E-state index contributed by atoms with van der Waals surface area (Å²) in [5, 5.41) is 0. The van der Waals surface area contributed by atoms with Crippen molar-refractivity contribution in [1.29, 1.82) is 0 Å². The minimum Gasteiger partial charge on any atom is -0.493 e. The molecule has 6 nitrogen and oxygen atoms in total. The summed E-state index contributed by atoms with van der Waals surface area (Å²) in [7, 11) is 3.86. The number of ether oxygens (including phenoxy) is 2. The maximum absolute atomic E-state index is 5.66. The third kappa shape index (κ3) is 4.54. The second-order valence-corrected chi connectivity index (χ2v) is 8.09. The number of rotatable bonds is 6. The molecule has 2 aliphatic rings. The van der Waals surface area contributed by atoms with E-state index < -0.39 is 0 Å². The molecule has 2 aromatic rings. The largest absolute Gasteiger partial charge is 0.493 e. The molecule has 0 saturated carbocycles. The van der Waals surface area contributed by atoms with Crippen LogP contribution in [0.4, 0.5) is 0 Å². The Kier molecular flexibility index (Phi) is 6.31. The van der Waals surface area contributed by atoms with Crippen LogP contribution in [0.2, 0.25) is 0 Å². The van der Waals surface area contributed by atoms with Crippen LogP contribution in [-0.4, -0.2) is 53.6 Å². The minimum atomic E-state index is 0.284. The predicted octanol–water partition coefficient (Wildman–Crippen LogP) is 3.60. The third-order valence-electron chi connectivity index (χ3n) is 5.97. The summed E-state index contributed by atoms with van der Waals surface area (Å²) < 4.78 is 11.2. The molecule has 0 unspecified atom stereocenters. The first kappa shape index (κ1) is 20.1. The number of likely N-dealkylation sites (tertiary alicyclic amines) is 1. The maximum atomic E-state index is 5.66. The van der Waals surface area contributed by atoms with Gasteiger partial charge in [0.05, 0.1) is 19.8 Å². The van der Waals surface area contributed by atoms with Crippen molar-refractivity contribution in [2.75, 3.05) is 33.9 Å². The van der Waals surface area contributed by atoms with Gasteiger partial charge in [-0.2, -0.15) is 0 Å². The molecule has 0 N–H and O–H groups in total. The first-order valence-electron chi connectivity index (χ1n) is 10.7. The summed E-state index contributed by atoms with van der Waals surface area (Å²) in [4.78, 5) is 14.7. The second kappa shape index (κ2) is 9.09. The molecule has 1 aromatic carbocycles. The lowest BCUT2D eigenvalue weighted by molar-refractivity contribution is 0.133. The number of hydrogen-bond donors (Lipinski definition) is 0. The highest BCUT2D eigenvalue weighted by atomic mass is 16.5. The van der Waals surface area contributed by atoms with E-state index in [1.54, 1.807) is 7.11 Å². The van der Waals surface area contributed by atoms with Crippen LogP contribution in [0.1, 0.15) is 54.9 Å². The Bertz CT molecular complexity index is 842. The van der Waals surface area contributed by atoms with Crippen molar-refractivity contribution in [3.8, 4) is 11.5 Å². The Labute approximate surface area is 173 Å². The molecule has 0 aliphatic carbocycles. The van der Waals surface area contributed by atoms with Gasteiger partial charge in [0.15, 0.2) is 11.5 Å². The molecule has 1 atom stereocenters. The second-order valence-electron chi connectivity index (χ2n) is 8.09. The molecule has 29 heavy (non-hydrogen) atoms. The lowest BCUT2D eigenvalue weighted by Gasteiger charge is -2.35. The predicted molar refractivity (Wildman–Crippen MR) is 113 cm³/mol. The van der Waals surface area contributed by atoms with E-state index in [1.165, 1.54) is 29.7 Å². The highest BCUT2D eigenvalue weighted by Gasteiger charge is 2.28. The quantitative estimate of drug-likeness (QED) is 0.744. The van der Waals surface area contributed by atoms with Gasteiger partial charge in [-0.3, -0.25) is 4.90 Å². The summed E-state index contributed by atoms with van der Waals surface area (Å²) in [5.41, 5.74) is 3.75. The van der Waals surface area contributed by atoms with Crippen molar-refractivity contribution >= 4 is 0 Å². The number of nitrogens with zero attached hydrogens (tertiary/aromatic N) is 4. The highest BCUT2D eigenvalue weighted by Crippen LogP contribution is 2.33. The van der Waals surface area contributed by atoms with Crippen LogP contribution in [0.15, 0.2) is 24.4 Å². The van der Waals surface area contributed by atoms with Crippen molar-refractivity contribution in [3.63, 3.8) is 0 Å². The van der Waals surface area contributed by atoms with Crippen molar-refractivity contribution in [2.45, 2.75) is 51.7 Å². The Morgan fingerprint density at radius 3 is 2.90 bits per heavy atom. The van der Waals surface area contributed by atoms with E-state index in [2.05, 4.69) is 35.2 Å². The zero-order chi connectivity index (χ0) is 20.2. The Morgan fingerprint density at radius 2 is 2.07 bits per heavy atom. The molecule has 6 heteroatoms. The van der Waals surface area contributed by atoms with E-state index in [1.807, 2.05) is 13.0 Å². The molecule has 1 saturated heterocycles. The van der Waals surface area contributed by atoms with Gasteiger partial charge in [-0.25, -0.2) is 9.97 Å². The van der Waals surface area contributed by atoms with Gasteiger partial charge in [0.25, 0.3) is 0 Å². The van der Waals surface area contributed by atoms with Gasteiger partial charge >= 0.3 is 0 Å². The van der Waals surface area contributed by atoms with Gasteiger partial charge in [-0.05, 0) is 51.1 Å². The zero-order valence-electron chi connectivity index (χ0n) is 17.9. The molecule has 0 spiro atoms. The van der Waals surface area contributed by atoms with Crippen LogP contribution in [0.5, 0.6) is 11.5 Å². The van der Waals surface area contributed by atoms with Gasteiger partial charge in [-0.1, -0.05) is 12.5 Å². The van der Waals surface area contributed by atoms with E-state index in [0.29, 0.717) is 6.61 Å². The van der Waals surface area contributed by atoms with Crippen molar-refractivity contribution in [3.05, 3.63) is 47.0 Å². The molecule has 3 heterocycles. The Morgan fingerprint density at radius 1 is 1.17 bits per heavy atom. The van der Waals surface area contributed by atoms with Crippen molar-refractivity contribution in [1.82, 2.24) is 19.8 Å². The molecule has 0 bridgehead atoms. The van der Waals surface area contributed by atoms with Gasteiger partial charge in [-0.15, -0.1) is 0 Å². The fraction of sp³-hybridized carbons (Fsp3) is 0.565. The van der Waals surface area contributed by atoms with Crippen LogP contribution in [0.3, 0.4) is 0 Å². The van der Waals surface area contributed by atoms with Gasteiger partial charge < -0.3 is 14.4 Å². The van der Waals surface area contributed by atoms with E-state index in [4.69, 9.17) is 19.4 Å². The third-order valence-corrected chi connectivity index (χ3v) is 5.97. The average molecular weight is 397 g/mol. The van der Waals surface area contributed by atoms with Crippen LogP contribution in [-0.2, 0) is 19.5 Å². The van der Waals surface area contributed by atoms with E-state index in [-0.39, 0.29) is 6.04 Å². The van der Waals surface area contributed by atoms with Crippen molar-refractivity contribution in [2.24, 2.45) is 0 Å². The molecule has 0 radical (unpaired) electrons. The number of likely N-dealkylation sites (N-methyl/N-ethyl adjacent to an activating group) is 1. The summed E-state index contributed by atoms with van der Waals surface area (Å²) in [6.45, 7) is 6.59. The Balaban J connectivity index is 1.54. The van der Waals surface area contributed by atoms with Crippen LogP contribution >= 0.6 is 0 Å². The van der Waals surface area contributed by atoms with Crippen LogP contribution in [0.25, 0.3) is 0 Å². The molecule has 1 fully saturated rings. The Hall–Kier alpha value is -2.18. The number of aromatic nitrogens is 2. The first-order valence-corrected chi connectivity index (χ1v) is 10.7. The van der Waals surface area contributed by atoms with E-state index >= 15 is 0 Å². The van der Waals surface area contributed by atoms with E-state index in [0.717, 1.165) is 56.3 Å². The normalized spacial score (nSPS) is 20.3. The van der Waals surface area contributed by atoms with Crippen LogP contribution in [0, 0.1) is 0 Å². The monoisotopic (exact) mass is 396 g/mol. The summed E-state index contributed by atoms with van der Waals surface area (Å²) in [6, 6.07) is 6.54. The smallest absolute Gasteiger partial charge is 0.161 e. The van der Waals surface area contributed by atoms with E-state index in [9.17, 15) is 0 Å². The molecule has 4 rings (SSSR count). The molecule has 2 aliphatic heterocycles. The summed E-state index contributed by atoms with van der Waals surface area (Å²) in [5.74, 6) is 2.59. The topological polar surface area (TPSA) is 50.7 Å². The molecular weight excluding hydrogens is 364 g/mol.